The van der Waals surface area contributed by atoms with E-state index in [0.717, 1.165) is 31.0 Å². The molecule has 2 rings (SSSR count). The summed E-state index contributed by atoms with van der Waals surface area (Å²) in [6, 6.07) is 5.71. The van der Waals surface area contributed by atoms with Crippen LogP contribution in [-0.4, -0.2) is 48.4 Å². The Morgan fingerprint density at radius 2 is 2.30 bits per heavy atom. The zero-order chi connectivity index (χ0) is 14.7. The van der Waals surface area contributed by atoms with Crippen LogP contribution >= 0.6 is 24.2 Å². The molecule has 3 nitrogen and oxygen atoms in total. The van der Waals surface area contributed by atoms with E-state index in [1.54, 1.807) is 23.1 Å². The molecule has 110 valence electrons. The Labute approximate surface area is 131 Å². The molecule has 0 spiro atoms. The number of rotatable bonds is 4. The molecule has 1 unspecified atom stereocenters. The first-order valence-corrected chi connectivity index (χ1v) is 7.83. The summed E-state index contributed by atoms with van der Waals surface area (Å²) in [5, 5.41) is 0.485. The molecule has 1 atom stereocenters. The lowest BCUT2D eigenvalue weighted by Gasteiger charge is -2.28. The van der Waals surface area contributed by atoms with Crippen molar-refractivity contribution in [3.63, 3.8) is 0 Å². The second kappa shape index (κ2) is 6.83. The predicted molar refractivity (Wildman–Crippen MR) is 85.9 cm³/mol. The van der Waals surface area contributed by atoms with Gasteiger partial charge in [-0.3, -0.25) is 9.69 Å². The highest BCUT2D eigenvalue weighted by Gasteiger charge is 2.26. The second-order valence-corrected chi connectivity index (χ2v) is 6.20. The molecule has 1 heterocycles. The zero-order valence-corrected chi connectivity index (χ0v) is 13.6. The number of benzene rings is 1. The molecule has 1 aromatic carbocycles. The minimum atomic E-state index is -0.0335. The van der Waals surface area contributed by atoms with Gasteiger partial charge in [-0.05, 0) is 44.1 Å². The third-order valence-corrected chi connectivity index (χ3v) is 4.52. The fourth-order valence-electron chi connectivity index (χ4n) is 2.80. The van der Waals surface area contributed by atoms with E-state index in [-0.39, 0.29) is 5.91 Å². The molecule has 20 heavy (non-hydrogen) atoms. The largest absolute Gasteiger partial charge is 0.340 e. The second-order valence-electron chi connectivity index (χ2n) is 5.27. The number of nitrogens with zero attached hydrogens (tertiary/aromatic N) is 2. The molecule has 0 aliphatic carbocycles. The van der Waals surface area contributed by atoms with Crippen molar-refractivity contribution in [3.05, 3.63) is 28.8 Å². The van der Waals surface area contributed by atoms with E-state index in [1.807, 2.05) is 7.05 Å². The summed E-state index contributed by atoms with van der Waals surface area (Å²) < 4.78 is 0. The lowest BCUT2D eigenvalue weighted by Crippen LogP contribution is -2.41. The van der Waals surface area contributed by atoms with E-state index < -0.39 is 0 Å². The van der Waals surface area contributed by atoms with Crippen molar-refractivity contribution < 1.29 is 4.79 Å². The van der Waals surface area contributed by atoms with Gasteiger partial charge in [-0.15, -0.1) is 12.6 Å². The van der Waals surface area contributed by atoms with E-state index in [1.165, 1.54) is 6.42 Å². The molecule has 0 N–H and O–H groups in total. The molecule has 0 radical (unpaired) electrons. The van der Waals surface area contributed by atoms with Gasteiger partial charge in [-0.2, -0.15) is 0 Å². The van der Waals surface area contributed by atoms with Gasteiger partial charge >= 0.3 is 0 Å². The molecule has 1 aliphatic heterocycles. The summed E-state index contributed by atoms with van der Waals surface area (Å²) in [4.78, 5) is 17.4. The number of thiol groups is 1. The quantitative estimate of drug-likeness (QED) is 0.863. The van der Waals surface area contributed by atoms with Gasteiger partial charge in [0.25, 0.3) is 5.91 Å². The molecular formula is C15H21ClN2OS. The van der Waals surface area contributed by atoms with Crippen molar-refractivity contribution in [2.24, 2.45) is 0 Å². The van der Waals surface area contributed by atoms with Crippen LogP contribution in [0.1, 0.15) is 30.1 Å². The monoisotopic (exact) mass is 312 g/mol. The van der Waals surface area contributed by atoms with Gasteiger partial charge in [-0.1, -0.05) is 18.5 Å². The maximum absolute atomic E-state index is 12.5. The third kappa shape index (κ3) is 3.48. The summed E-state index contributed by atoms with van der Waals surface area (Å²) in [6.45, 7) is 5.09. The SMILES string of the molecule is CCN1CCCC1CN(C)C(=O)c1cc(S)ccc1Cl. The Balaban J connectivity index is 2.07. The van der Waals surface area contributed by atoms with Crippen molar-refractivity contribution >= 4 is 30.1 Å². The highest BCUT2D eigenvalue weighted by atomic mass is 35.5. The van der Waals surface area contributed by atoms with Crippen LogP contribution in [0.3, 0.4) is 0 Å². The minimum Gasteiger partial charge on any atom is -0.340 e. The van der Waals surface area contributed by atoms with Gasteiger partial charge in [0.15, 0.2) is 0 Å². The minimum absolute atomic E-state index is 0.0335. The van der Waals surface area contributed by atoms with Crippen molar-refractivity contribution in [1.82, 2.24) is 9.80 Å². The molecular weight excluding hydrogens is 292 g/mol. The molecule has 5 heteroatoms. The maximum Gasteiger partial charge on any atom is 0.255 e. The maximum atomic E-state index is 12.5. The van der Waals surface area contributed by atoms with Gasteiger partial charge in [-0.25, -0.2) is 0 Å². The van der Waals surface area contributed by atoms with Crippen LogP contribution in [0.25, 0.3) is 0 Å². The van der Waals surface area contributed by atoms with Gasteiger partial charge in [0.2, 0.25) is 0 Å². The molecule has 1 amide bonds. The van der Waals surface area contributed by atoms with Crippen molar-refractivity contribution in [2.75, 3.05) is 26.7 Å². The number of likely N-dealkylation sites (tertiary alicyclic amines) is 1. The van der Waals surface area contributed by atoms with E-state index in [9.17, 15) is 4.79 Å². The standard InChI is InChI=1S/C15H21ClN2OS/c1-3-18-8-4-5-11(18)10-17(2)15(19)13-9-12(20)6-7-14(13)16/h6-7,9,11,20H,3-5,8,10H2,1-2H3. The first-order valence-electron chi connectivity index (χ1n) is 7.01. The van der Waals surface area contributed by atoms with E-state index in [0.29, 0.717) is 16.6 Å². The molecule has 1 aliphatic rings. The number of hydrogen-bond acceptors (Lipinski definition) is 3. The number of carbonyl (C=O) groups is 1. The first-order chi connectivity index (χ1) is 9.52. The number of halogens is 1. The fraction of sp³-hybridized carbons (Fsp3) is 0.533. The van der Waals surface area contributed by atoms with Crippen LogP contribution in [0.2, 0.25) is 5.02 Å². The lowest BCUT2D eigenvalue weighted by molar-refractivity contribution is 0.0754. The summed E-state index contributed by atoms with van der Waals surface area (Å²) in [5.74, 6) is -0.0335. The van der Waals surface area contributed by atoms with Crippen LogP contribution in [0.15, 0.2) is 23.1 Å². The highest BCUT2D eigenvalue weighted by Crippen LogP contribution is 2.22. The smallest absolute Gasteiger partial charge is 0.255 e. The molecule has 0 aromatic heterocycles. The number of hydrogen-bond donors (Lipinski definition) is 1. The van der Waals surface area contributed by atoms with Gasteiger partial charge in [0.1, 0.15) is 0 Å². The Hall–Kier alpha value is -0.710. The van der Waals surface area contributed by atoms with Crippen molar-refractivity contribution in [3.8, 4) is 0 Å². The van der Waals surface area contributed by atoms with Crippen molar-refractivity contribution in [1.29, 1.82) is 0 Å². The molecule has 1 saturated heterocycles. The number of carbonyl (C=O) groups excluding carboxylic acids is 1. The summed E-state index contributed by atoms with van der Waals surface area (Å²) in [6.07, 6.45) is 2.37. The summed E-state index contributed by atoms with van der Waals surface area (Å²) >= 11 is 10.4. The van der Waals surface area contributed by atoms with Gasteiger partial charge < -0.3 is 4.90 Å². The average Bonchev–Trinajstić information content (AvgIpc) is 2.87. The Bertz CT molecular complexity index is 495. The topological polar surface area (TPSA) is 23.6 Å². The lowest BCUT2D eigenvalue weighted by atomic mass is 10.1. The van der Waals surface area contributed by atoms with Crippen LogP contribution in [0.5, 0.6) is 0 Å². The van der Waals surface area contributed by atoms with Crippen LogP contribution < -0.4 is 0 Å². The van der Waals surface area contributed by atoms with Crippen LogP contribution in [0.4, 0.5) is 0 Å². The Morgan fingerprint density at radius 1 is 1.55 bits per heavy atom. The average molecular weight is 313 g/mol. The van der Waals surface area contributed by atoms with Crippen LogP contribution in [-0.2, 0) is 0 Å². The predicted octanol–water partition coefficient (Wildman–Crippen LogP) is 3.19. The number of amides is 1. The highest BCUT2D eigenvalue weighted by molar-refractivity contribution is 7.80. The number of likely N-dealkylation sites (N-methyl/N-ethyl adjacent to an activating group) is 2. The Morgan fingerprint density at radius 3 is 3.00 bits per heavy atom. The zero-order valence-electron chi connectivity index (χ0n) is 12.0. The van der Waals surface area contributed by atoms with Crippen molar-refractivity contribution in [2.45, 2.75) is 30.7 Å². The molecule has 0 saturated carbocycles. The van der Waals surface area contributed by atoms with E-state index in [2.05, 4.69) is 24.5 Å². The first kappa shape index (κ1) is 15.7. The van der Waals surface area contributed by atoms with E-state index in [4.69, 9.17) is 11.6 Å². The van der Waals surface area contributed by atoms with Crippen LogP contribution in [0, 0.1) is 0 Å². The summed E-state index contributed by atoms with van der Waals surface area (Å²) in [5.41, 5.74) is 0.530. The fourth-order valence-corrected chi connectivity index (χ4v) is 3.20. The van der Waals surface area contributed by atoms with E-state index >= 15 is 0 Å². The summed E-state index contributed by atoms with van der Waals surface area (Å²) in [7, 11) is 1.84. The Kier molecular flexibility index (Phi) is 5.35. The van der Waals surface area contributed by atoms with Gasteiger partial charge in [0.05, 0.1) is 10.6 Å². The third-order valence-electron chi connectivity index (χ3n) is 3.92. The molecule has 1 fully saturated rings. The normalized spacial score (nSPS) is 19.3. The molecule has 1 aromatic rings. The van der Waals surface area contributed by atoms with Gasteiger partial charge in [0, 0.05) is 24.5 Å². The molecule has 0 bridgehead atoms.